The number of carbonyl (C=O) groups is 1. The van der Waals surface area contributed by atoms with E-state index >= 15 is 0 Å². The Morgan fingerprint density at radius 2 is 1.95 bits per heavy atom. The molecular formula is C16H25N3O. The number of hydrogen-bond acceptors (Lipinski definition) is 2. The summed E-state index contributed by atoms with van der Waals surface area (Å²) in [5, 5.41) is 3.14. The quantitative estimate of drug-likeness (QED) is 0.868. The second-order valence-corrected chi connectivity index (χ2v) is 5.42. The molecule has 4 nitrogen and oxygen atoms in total. The summed E-state index contributed by atoms with van der Waals surface area (Å²) >= 11 is 0. The van der Waals surface area contributed by atoms with Crippen molar-refractivity contribution in [3.63, 3.8) is 0 Å². The van der Waals surface area contributed by atoms with Crippen LogP contribution in [-0.2, 0) is 13.1 Å². The number of benzene rings is 1. The van der Waals surface area contributed by atoms with Gasteiger partial charge in [0.05, 0.1) is 0 Å². The van der Waals surface area contributed by atoms with Gasteiger partial charge in [0.1, 0.15) is 0 Å². The predicted molar refractivity (Wildman–Crippen MR) is 81.2 cm³/mol. The monoisotopic (exact) mass is 275 g/mol. The van der Waals surface area contributed by atoms with Crippen molar-refractivity contribution in [3.8, 4) is 0 Å². The van der Waals surface area contributed by atoms with Crippen LogP contribution in [0, 0.1) is 0 Å². The van der Waals surface area contributed by atoms with E-state index in [-0.39, 0.29) is 6.03 Å². The summed E-state index contributed by atoms with van der Waals surface area (Å²) in [6, 6.07) is 8.47. The summed E-state index contributed by atoms with van der Waals surface area (Å²) in [4.78, 5) is 14.2. The lowest BCUT2D eigenvalue weighted by Crippen LogP contribution is -2.43. The maximum Gasteiger partial charge on any atom is 0.317 e. The van der Waals surface area contributed by atoms with Crippen molar-refractivity contribution in [2.75, 3.05) is 6.54 Å². The molecule has 1 aromatic rings. The molecule has 0 unspecified atom stereocenters. The average Bonchev–Trinajstić information content (AvgIpc) is 2.97. The Kier molecular flexibility index (Phi) is 5.41. The molecule has 2 rings (SSSR count). The zero-order chi connectivity index (χ0) is 14.4. The predicted octanol–water partition coefficient (Wildman–Crippen LogP) is 2.62. The SMILES string of the molecule is CCN(Cc1ccccc1CN)C(=O)NC1CCCC1. The first kappa shape index (κ1) is 14.9. The molecule has 1 saturated carbocycles. The Labute approximate surface area is 121 Å². The minimum Gasteiger partial charge on any atom is -0.335 e. The maximum atomic E-state index is 12.3. The lowest BCUT2D eigenvalue weighted by Gasteiger charge is -2.24. The molecule has 0 aliphatic heterocycles. The molecule has 1 aliphatic carbocycles. The number of hydrogen-bond donors (Lipinski definition) is 2. The molecule has 0 atom stereocenters. The minimum absolute atomic E-state index is 0.0474. The maximum absolute atomic E-state index is 12.3. The van der Waals surface area contributed by atoms with Gasteiger partial charge in [0.15, 0.2) is 0 Å². The van der Waals surface area contributed by atoms with Gasteiger partial charge in [-0.15, -0.1) is 0 Å². The topological polar surface area (TPSA) is 58.4 Å². The molecule has 1 fully saturated rings. The van der Waals surface area contributed by atoms with Gasteiger partial charge >= 0.3 is 6.03 Å². The summed E-state index contributed by atoms with van der Waals surface area (Å²) in [6.45, 7) is 3.86. The van der Waals surface area contributed by atoms with Crippen LogP contribution in [0.15, 0.2) is 24.3 Å². The number of urea groups is 1. The number of nitrogens with two attached hydrogens (primary N) is 1. The van der Waals surface area contributed by atoms with Gasteiger partial charge in [0.25, 0.3) is 0 Å². The second kappa shape index (κ2) is 7.29. The first-order chi connectivity index (χ1) is 9.74. The van der Waals surface area contributed by atoms with Crippen molar-refractivity contribution in [1.82, 2.24) is 10.2 Å². The largest absolute Gasteiger partial charge is 0.335 e. The Hall–Kier alpha value is -1.55. The molecule has 110 valence electrons. The number of rotatable bonds is 5. The van der Waals surface area contributed by atoms with Crippen molar-refractivity contribution in [2.45, 2.75) is 51.7 Å². The zero-order valence-corrected chi connectivity index (χ0v) is 12.3. The Morgan fingerprint density at radius 1 is 1.30 bits per heavy atom. The summed E-state index contributed by atoms with van der Waals surface area (Å²) in [6.07, 6.45) is 4.69. The van der Waals surface area contributed by atoms with Crippen molar-refractivity contribution >= 4 is 6.03 Å². The molecule has 4 heteroatoms. The van der Waals surface area contributed by atoms with Gasteiger partial charge < -0.3 is 16.0 Å². The minimum atomic E-state index is 0.0474. The summed E-state index contributed by atoms with van der Waals surface area (Å²) in [5.74, 6) is 0. The van der Waals surface area contributed by atoms with E-state index < -0.39 is 0 Å². The van der Waals surface area contributed by atoms with E-state index in [1.165, 1.54) is 12.8 Å². The third-order valence-electron chi connectivity index (χ3n) is 4.05. The van der Waals surface area contributed by atoms with E-state index in [0.717, 1.165) is 24.0 Å². The molecule has 0 saturated heterocycles. The van der Waals surface area contributed by atoms with Crippen molar-refractivity contribution < 1.29 is 4.79 Å². The molecule has 0 aromatic heterocycles. The standard InChI is InChI=1S/C16H25N3O/c1-2-19(16(20)18-15-9-5-6-10-15)12-14-8-4-3-7-13(14)11-17/h3-4,7-8,15H,2,5-6,9-12,17H2,1H3,(H,18,20). The van der Waals surface area contributed by atoms with E-state index in [1.807, 2.05) is 36.1 Å². The third-order valence-corrected chi connectivity index (χ3v) is 4.05. The summed E-state index contributed by atoms with van der Waals surface area (Å²) < 4.78 is 0. The zero-order valence-electron chi connectivity index (χ0n) is 12.3. The van der Waals surface area contributed by atoms with Crippen LogP contribution in [0.4, 0.5) is 4.79 Å². The van der Waals surface area contributed by atoms with Crippen LogP contribution in [0.1, 0.15) is 43.7 Å². The van der Waals surface area contributed by atoms with Crippen molar-refractivity contribution in [1.29, 1.82) is 0 Å². The normalized spacial score (nSPS) is 15.3. The van der Waals surface area contributed by atoms with Crippen molar-refractivity contribution in [3.05, 3.63) is 35.4 Å². The number of nitrogens with one attached hydrogen (secondary N) is 1. The molecule has 0 bridgehead atoms. The highest BCUT2D eigenvalue weighted by Crippen LogP contribution is 2.18. The number of carbonyl (C=O) groups excluding carboxylic acids is 1. The molecular weight excluding hydrogens is 250 g/mol. The van der Waals surface area contributed by atoms with Crippen LogP contribution < -0.4 is 11.1 Å². The first-order valence-electron chi connectivity index (χ1n) is 7.57. The van der Waals surface area contributed by atoms with Crippen LogP contribution in [0.5, 0.6) is 0 Å². The second-order valence-electron chi connectivity index (χ2n) is 5.42. The lowest BCUT2D eigenvalue weighted by atomic mass is 10.1. The van der Waals surface area contributed by atoms with E-state index in [4.69, 9.17) is 5.73 Å². The van der Waals surface area contributed by atoms with Gasteiger partial charge in [0.2, 0.25) is 0 Å². The molecule has 3 N–H and O–H groups in total. The van der Waals surface area contributed by atoms with Gasteiger partial charge in [-0.05, 0) is 30.9 Å². The first-order valence-corrected chi connectivity index (χ1v) is 7.57. The van der Waals surface area contributed by atoms with Crippen LogP contribution in [0.2, 0.25) is 0 Å². The Bertz CT molecular complexity index is 441. The van der Waals surface area contributed by atoms with Crippen LogP contribution >= 0.6 is 0 Å². The fourth-order valence-electron chi connectivity index (χ4n) is 2.78. The van der Waals surface area contributed by atoms with Crippen molar-refractivity contribution in [2.24, 2.45) is 5.73 Å². The average molecular weight is 275 g/mol. The summed E-state index contributed by atoms with van der Waals surface area (Å²) in [7, 11) is 0. The molecule has 0 heterocycles. The van der Waals surface area contributed by atoms with Gasteiger partial charge in [-0.1, -0.05) is 37.1 Å². The highest BCUT2D eigenvalue weighted by atomic mass is 16.2. The van der Waals surface area contributed by atoms with E-state index in [2.05, 4.69) is 5.32 Å². The Balaban J connectivity index is 1.98. The Morgan fingerprint density at radius 3 is 2.55 bits per heavy atom. The third kappa shape index (κ3) is 3.73. The van der Waals surface area contributed by atoms with E-state index in [0.29, 0.717) is 25.7 Å². The molecule has 1 aliphatic rings. The summed E-state index contributed by atoms with van der Waals surface area (Å²) in [5.41, 5.74) is 8.01. The highest BCUT2D eigenvalue weighted by Gasteiger charge is 2.20. The van der Waals surface area contributed by atoms with Gasteiger partial charge in [-0.25, -0.2) is 4.79 Å². The fourth-order valence-corrected chi connectivity index (χ4v) is 2.78. The lowest BCUT2D eigenvalue weighted by molar-refractivity contribution is 0.194. The smallest absolute Gasteiger partial charge is 0.317 e. The van der Waals surface area contributed by atoms with Crippen LogP contribution in [0.25, 0.3) is 0 Å². The van der Waals surface area contributed by atoms with Gasteiger partial charge in [0, 0.05) is 25.7 Å². The van der Waals surface area contributed by atoms with E-state index in [9.17, 15) is 4.79 Å². The van der Waals surface area contributed by atoms with Crippen LogP contribution in [0.3, 0.4) is 0 Å². The molecule has 20 heavy (non-hydrogen) atoms. The number of amides is 2. The highest BCUT2D eigenvalue weighted by molar-refractivity contribution is 5.74. The van der Waals surface area contributed by atoms with E-state index in [1.54, 1.807) is 0 Å². The number of nitrogens with zero attached hydrogens (tertiary/aromatic N) is 1. The van der Waals surface area contributed by atoms with Gasteiger partial charge in [-0.3, -0.25) is 0 Å². The molecule has 1 aromatic carbocycles. The molecule has 0 radical (unpaired) electrons. The van der Waals surface area contributed by atoms with Crippen LogP contribution in [-0.4, -0.2) is 23.5 Å². The molecule has 2 amide bonds. The fraction of sp³-hybridized carbons (Fsp3) is 0.562. The molecule has 0 spiro atoms. The van der Waals surface area contributed by atoms with Gasteiger partial charge in [-0.2, -0.15) is 0 Å².